The Bertz CT molecular complexity index is 1190. The fourth-order valence-corrected chi connectivity index (χ4v) is 3.51. The molecule has 156 valence electrons. The predicted molar refractivity (Wildman–Crippen MR) is 109 cm³/mol. The molecule has 0 aliphatic heterocycles. The Labute approximate surface area is 175 Å². The highest BCUT2D eigenvalue weighted by Gasteiger charge is 2.25. The number of nitrogens with two attached hydrogens (primary N) is 2. The molecule has 0 saturated heterocycles. The van der Waals surface area contributed by atoms with Crippen LogP contribution in [0.25, 0.3) is 22.6 Å². The van der Waals surface area contributed by atoms with Gasteiger partial charge < -0.3 is 20.8 Å². The Balaban J connectivity index is 1.87. The topological polar surface area (TPSA) is 131 Å². The second kappa shape index (κ2) is 8.25. The fraction of sp³-hybridized carbons (Fsp3) is 0.263. The van der Waals surface area contributed by atoms with Gasteiger partial charge in [0.2, 0.25) is 0 Å². The number of aromatic nitrogens is 5. The number of benzene rings is 1. The lowest BCUT2D eigenvalue weighted by Crippen LogP contribution is -2.15. The van der Waals surface area contributed by atoms with Gasteiger partial charge in [-0.05, 0) is 29.8 Å². The first-order chi connectivity index (χ1) is 14.5. The zero-order chi connectivity index (χ0) is 21.3. The average Bonchev–Trinajstić information content (AvgIpc) is 3.33. The van der Waals surface area contributed by atoms with E-state index < -0.39 is 6.10 Å². The largest absolute Gasteiger partial charge is 0.482 e. The number of hydrogen-bond donors (Lipinski definition) is 2. The van der Waals surface area contributed by atoms with Crippen LogP contribution in [0.5, 0.6) is 5.75 Å². The zero-order valence-electron chi connectivity index (χ0n) is 16.0. The van der Waals surface area contributed by atoms with Gasteiger partial charge >= 0.3 is 0 Å². The van der Waals surface area contributed by atoms with Crippen LogP contribution in [0, 0.1) is 5.82 Å². The predicted octanol–water partition coefficient (Wildman–Crippen LogP) is 3.34. The molecule has 0 saturated carbocycles. The van der Waals surface area contributed by atoms with E-state index in [0.29, 0.717) is 47.7 Å². The first kappa shape index (κ1) is 20.0. The highest BCUT2D eigenvalue weighted by Crippen LogP contribution is 2.37. The molecule has 9 nitrogen and oxygen atoms in total. The van der Waals surface area contributed by atoms with Crippen molar-refractivity contribution in [2.24, 2.45) is 5.73 Å². The van der Waals surface area contributed by atoms with Crippen LogP contribution in [-0.2, 0) is 6.54 Å². The van der Waals surface area contributed by atoms with Gasteiger partial charge in [0.05, 0.1) is 6.20 Å². The van der Waals surface area contributed by atoms with Crippen LogP contribution in [0.2, 0.25) is 5.15 Å². The summed E-state index contributed by atoms with van der Waals surface area (Å²) in [7, 11) is 0. The maximum absolute atomic E-state index is 14.4. The average molecular weight is 432 g/mol. The van der Waals surface area contributed by atoms with Crippen molar-refractivity contribution < 1.29 is 13.8 Å². The van der Waals surface area contributed by atoms with Crippen molar-refractivity contribution in [1.82, 2.24) is 24.8 Å². The number of pyridine rings is 1. The van der Waals surface area contributed by atoms with Gasteiger partial charge in [-0.15, -0.1) is 0 Å². The van der Waals surface area contributed by atoms with Crippen molar-refractivity contribution in [2.75, 3.05) is 12.3 Å². The maximum Gasteiger partial charge on any atom is 0.199 e. The summed E-state index contributed by atoms with van der Waals surface area (Å²) in [5.41, 5.74) is 13.3. The van der Waals surface area contributed by atoms with Gasteiger partial charge in [0, 0.05) is 18.5 Å². The Hall–Kier alpha value is -3.24. The minimum atomic E-state index is -0.621. The second-order valence-electron chi connectivity index (χ2n) is 6.49. The molecule has 11 heteroatoms. The third-order valence-electron chi connectivity index (χ3n) is 4.68. The minimum Gasteiger partial charge on any atom is -0.482 e. The summed E-state index contributed by atoms with van der Waals surface area (Å²) in [5.74, 6) is 0.512. The number of anilines is 1. The molecule has 0 radical (unpaired) electrons. The molecular weight excluding hydrogens is 413 g/mol. The lowest BCUT2D eigenvalue weighted by molar-refractivity contribution is 0.194. The number of fused-ring (bicyclic) bond motifs is 1. The number of hydrogen-bond acceptors (Lipinski definition) is 8. The fourth-order valence-electron chi connectivity index (χ4n) is 3.33. The molecular formula is C19H19ClFN7O2. The number of nitrogens with zero attached hydrogens (tertiary/aromatic N) is 5. The third-order valence-corrected chi connectivity index (χ3v) is 4.96. The molecule has 0 unspecified atom stereocenters. The molecule has 4 N–H and O–H groups in total. The Morgan fingerprint density at radius 2 is 2.10 bits per heavy atom. The summed E-state index contributed by atoms with van der Waals surface area (Å²) in [6.07, 6.45) is 1.26. The summed E-state index contributed by atoms with van der Waals surface area (Å²) < 4.78 is 27.1. The summed E-state index contributed by atoms with van der Waals surface area (Å²) in [6.45, 7) is 2.72. The van der Waals surface area contributed by atoms with E-state index in [4.69, 9.17) is 32.4 Å². The monoisotopic (exact) mass is 431 g/mol. The molecule has 3 aromatic heterocycles. The number of ether oxygens (including phenoxy) is 1. The highest BCUT2D eigenvalue weighted by molar-refractivity contribution is 6.34. The normalized spacial score (nSPS) is 12.4. The Morgan fingerprint density at radius 1 is 1.30 bits per heavy atom. The SMILES string of the molecule is CCn1c(-c2nonc2N)nc2c(Cl)ncc(O[C@H](CCN)c3ccccc3F)c21. The van der Waals surface area contributed by atoms with Crippen LogP contribution in [-0.4, -0.2) is 31.4 Å². The van der Waals surface area contributed by atoms with Gasteiger partial charge in [0.15, 0.2) is 28.2 Å². The smallest absolute Gasteiger partial charge is 0.199 e. The number of imidazole rings is 1. The van der Waals surface area contributed by atoms with Gasteiger partial charge in [0.1, 0.15) is 23.0 Å². The molecule has 0 aliphatic rings. The van der Waals surface area contributed by atoms with Gasteiger partial charge in [-0.2, -0.15) is 0 Å². The summed E-state index contributed by atoms with van der Waals surface area (Å²) in [5, 5.41) is 7.62. The molecule has 0 spiro atoms. The molecule has 0 aliphatic carbocycles. The van der Waals surface area contributed by atoms with E-state index in [2.05, 4.69) is 20.3 Å². The van der Waals surface area contributed by atoms with Gasteiger partial charge in [0.25, 0.3) is 0 Å². The Morgan fingerprint density at radius 3 is 2.77 bits per heavy atom. The van der Waals surface area contributed by atoms with Crippen LogP contribution in [0.15, 0.2) is 35.1 Å². The van der Waals surface area contributed by atoms with Crippen LogP contribution in [0.3, 0.4) is 0 Å². The quantitative estimate of drug-likeness (QED) is 0.426. The van der Waals surface area contributed by atoms with Crippen molar-refractivity contribution in [3.8, 4) is 17.3 Å². The molecule has 1 aromatic carbocycles. The number of nitrogen functional groups attached to an aromatic ring is 1. The van der Waals surface area contributed by atoms with Crippen LogP contribution in [0.1, 0.15) is 25.0 Å². The van der Waals surface area contributed by atoms with Crippen molar-refractivity contribution >= 4 is 28.5 Å². The molecule has 0 fully saturated rings. The molecule has 30 heavy (non-hydrogen) atoms. The molecule has 4 aromatic rings. The molecule has 0 amide bonds. The van der Waals surface area contributed by atoms with Crippen LogP contribution < -0.4 is 16.2 Å². The van der Waals surface area contributed by atoms with Gasteiger partial charge in [-0.25, -0.2) is 19.0 Å². The van der Waals surface area contributed by atoms with Crippen molar-refractivity contribution in [3.63, 3.8) is 0 Å². The number of aryl methyl sites for hydroxylation is 1. The summed E-state index contributed by atoms with van der Waals surface area (Å²) in [6, 6.07) is 6.41. The van der Waals surface area contributed by atoms with Crippen LogP contribution in [0.4, 0.5) is 10.2 Å². The van der Waals surface area contributed by atoms with Crippen molar-refractivity contribution in [1.29, 1.82) is 0 Å². The standard InChI is InChI=1S/C19H19ClFN7O2/c1-2-28-16-13(29-12(7-8-22)10-5-3-4-6-11(10)21)9-24-17(20)14(16)25-19(28)15-18(23)27-30-26-15/h3-6,9,12H,2,7-8,22H2,1H3,(H2,23,27)/t12-/m1/s1. The van der Waals surface area contributed by atoms with Gasteiger partial charge in [-0.3, -0.25) is 0 Å². The van der Waals surface area contributed by atoms with E-state index in [1.54, 1.807) is 18.2 Å². The number of halogens is 2. The van der Waals surface area contributed by atoms with Crippen LogP contribution >= 0.6 is 11.6 Å². The maximum atomic E-state index is 14.4. The first-order valence-corrected chi connectivity index (χ1v) is 9.67. The van der Waals surface area contributed by atoms with E-state index in [-0.39, 0.29) is 22.5 Å². The lowest BCUT2D eigenvalue weighted by Gasteiger charge is -2.20. The van der Waals surface area contributed by atoms with E-state index in [1.807, 2.05) is 11.5 Å². The second-order valence-corrected chi connectivity index (χ2v) is 6.85. The minimum absolute atomic E-state index is 0.0962. The highest BCUT2D eigenvalue weighted by atomic mass is 35.5. The lowest BCUT2D eigenvalue weighted by atomic mass is 10.1. The first-order valence-electron chi connectivity index (χ1n) is 9.29. The van der Waals surface area contributed by atoms with Gasteiger partial charge in [-0.1, -0.05) is 29.8 Å². The molecule has 0 bridgehead atoms. The van der Waals surface area contributed by atoms with Crippen molar-refractivity contribution in [3.05, 3.63) is 47.0 Å². The number of rotatable bonds is 7. The molecule has 4 rings (SSSR count). The van der Waals surface area contributed by atoms with E-state index in [1.165, 1.54) is 12.3 Å². The third kappa shape index (κ3) is 3.44. The molecule has 3 heterocycles. The van der Waals surface area contributed by atoms with E-state index >= 15 is 0 Å². The van der Waals surface area contributed by atoms with Crippen molar-refractivity contribution in [2.45, 2.75) is 26.0 Å². The molecule has 1 atom stereocenters. The van der Waals surface area contributed by atoms with E-state index in [9.17, 15) is 4.39 Å². The summed E-state index contributed by atoms with van der Waals surface area (Å²) in [4.78, 5) is 8.72. The zero-order valence-corrected chi connectivity index (χ0v) is 16.8. The Kier molecular flexibility index (Phi) is 5.51. The summed E-state index contributed by atoms with van der Waals surface area (Å²) >= 11 is 6.30. The van der Waals surface area contributed by atoms with E-state index in [0.717, 1.165) is 0 Å².